The summed E-state index contributed by atoms with van der Waals surface area (Å²) < 4.78 is 6.40. The molecular formula is C15H14BrClN2O5. The van der Waals surface area contributed by atoms with E-state index in [1.807, 2.05) is 0 Å². The first-order chi connectivity index (χ1) is 11.4. The highest BCUT2D eigenvalue weighted by Gasteiger charge is 2.40. The van der Waals surface area contributed by atoms with Crippen molar-refractivity contribution in [2.45, 2.75) is 18.9 Å². The highest BCUT2D eigenvalue weighted by molar-refractivity contribution is 9.10. The summed E-state index contributed by atoms with van der Waals surface area (Å²) >= 11 is 9.36. The Balaban J connectivity index is 1.81. The van der Waals surface area contributed by atoms with Crippen molar-refractivity contribution in [2.75, 3.05) is 13.1 Å². The lowest BCUT2D eigenvalue weighted by molar-refractivity contribution is -0.127. The van der Waals surface area contributed by atoms with E-state index in [2.05, 4.69) is 21.1 Å². The van der Waals surface area contributed by atoms with Crippen LogP contribution in [0.5, 0.6) is 5.75 Å². The largest absolute Gasteiger partial charge is 0.481 e. The van der Waals surface area contributed by atoms with Crippen LogP contribution in [0.3, 0.4) is 0 Å². The van der Waals surface area contributed by atoms with Gasteiger partial charge in [-0.2, -0.15) is 0 Å². The molecule has 7 nitrogen and oxygen atoms in total. The number of hydrogen-bond donors (Lipinski definition) is 2. The molecule has 128 valence electrons. The van der Waals surface area contributed by atoms with E-state index in [0.29, 0.717) is 21.7 Å². The average molecular weight is 418 g/mol. The molecule has 2 atom stereocenters. The first kappa shape index (κ1) is 17.0. The number of rotatable bonds is 2. The van der Waals surface area contributed by atoms with Crippen LogP contribution >= 0.6 is 27.5 Å². The number of Topliss-reactive ketones (excluding diaryl/α,β-unsaturated/α-hetero) is 1. The van der Waals surface area contributed by atoms with Crippen molar-refractivity contribution in [1.82, 2.24) is 4.90 Å². The maximum atomic E-state index is 12.8. The zero-order valence-corrected chi connectivity index (χ0v) is 14.7. The first-order valence-corrected chi connectivity index (χ1v) is 8.44. The maximum Gasteiger partial charge on any atom is 0.407 e. The van der Waals surface area contributed by atoms with Crippen LogP contribution in [0.2, 0.25) is 5.02 Å². The van der Waals surface area contributed by atoms with E-state index in [1.54, 1.807) is 12.1 Å². The average Bonchev–Trinajstić information content (AvgIpc) is 2.97. The Labute approximate surface area is 151 Å². The zero-order valence-electron chi connectivity index (χ0n) is 12.4. The van der Waals surface area contributed by atoms with Crippen molar-refractivity contribution in [1.29, 1.82) is 0 Å². The van der Waals surface area contributed by atoms with Gasteiger partial charge in [0.15, 0.2) is 11.9 Å². The van der Waals surface area contributed by atoms with Crippen LogP contribution in [0.25, 0.3) is 0 Å². The molecule has 1 unspecified atom stereocenters. The fraction of sp³-hybridized carbons (Fsp3) is 0.400. The number of oxime groups is 1. The van der Waals surface area contributed by atoms with Crippen LogP contribution in [0, 0.1) is 5.92 Å². The highest BCUT2D eigenvalue weighted by atomic mass is 79.9. The summed E-state index contributed by atoms with van der Waals surface area (Å²) in [6, 6.07) is 3.42. The van der Waals surface area contributed by atoms with Crippen LogP contribution in [0.15, 0.2) is 21.8 Å². The van der Waals surface area contributed by atoms with Crippen LogP contribution in [0.4, 0.5) is 4.79 Å². The molecule has 2 N–H and O–H groups in total. The normalized spacial score (nSPS) is 24.6. The van der Waals surface area contributed by atoms with E-state index in [-0.39, 0.29) is 31.0 Å². The number of ether oxygens (including phenoxy) is 1. The number of benzene rings is 1. The minimum absolute atomic E-state index is 0.0360. The van der Waals surface area contributed by atoms with Gasteiger partial charge in [0.25, 0.3) is 0 Å². The molecular weight excluding hydrogens is 404 g/mol. The quantitative estimate of drug-likeness (QED) is 0.569. The second-order valence-corrected chi connectivity index (χ2v) is 7.00. The predicted molar refractivity (Wildman–Crippen MR) is 89.2 cm³/mol. The number of ketones is 1. The van der Waals surface area contributed by atoms with Crippen LogP contribution < -0.4 is 4.74 Å². The number of carbonyl (C=O) groups excluding carboxylic acids is 1. The van der Waals surface area contributed by atoms with Gasteiger partial charge in [-0.05, 0) is 28.1 Å². The van der Waals surface area contributed by atoms with Crippen molar-refractivity contribution in [3.8, 4) is 5.75 Å². The van der Waals surface area contributed by atoms with E-state index in [4.69, 9.17) is 26.7 Å². The number of likely N-dealkylation sites (tertiary alicyclic amines) is 1. The first-order valence-electron chi connectivity index (χ1n) is 7.27. The minimum Gasteiger partial charge on any atom is -0.481 e. The molecule has 2 aliphatic rings. The summed E-state index contributed by atoms with van der Waals surface area (Å²) in [5, 5.41) is 22.0. The van der Waals surface area contributed by atoms with Gasteiger partial charge in [-0.3, -0.25) is 4.79 Å². The third-order valence-electron chi connectivity index (χ3n) is 4.25. The maximum absolute atomic E-state index is 12.8. The van der Waals surface area contributed by atoms with Crippen molar-refractivity contribution in [3.63, 3.8) is 0 Å². The molecule has 1 amide bonds. The number of nitrogens with zero attached hydrogens (tertiary/aromatic N) is 2. The number of fused-ring (bicyclic) bond motifs is 1. The standard InChI is InChI=1S/C15H14BrClN2O5/c16-10-5-8(17)3-7-4-12(24-14(7)10)13(20)9-6-19(15(21)22)2-1-11(9)18-23/h3,5,9,12,23H,1-2,4,6H2,(H,21,22)/b18-11-/t9?,12-/m1/s1. The summed E-state index contributed by atoms with van der Waals surface area (Å²) in [5.74, 6) is -0.549. The van der Waals surface area contributed by atoms with Gasteiger partial charge in [0.1, 0.15) is 5.75 Å². The van der Waals surface area contributed by atoms with E-state index in [1.165, 1.54) is 0 Å². The molecule has 0 saturated carbocycles. The van der Waals surface area contributed by atoms with Crippen molar-refractivity contribution >= 4 is 45.1 Å². The fourth-order valence-electron chi connectivity index (χ4n) is 3.05. The van der Waals surface area contributed by atoms with Crippen LogP contribution in [-0.2, 0) is 11.2 Å². The van der Waals surface area contributed by atoms with Crippen molar-refractivity contribution in [2.24, 2.45) is 11.1 Å². The van der Waals surface area contributed by atoms with Crippen molar-refractivity contribution in [3.05, 3.63) is 27.2 Å². The number of piperidine rings is 1. The van der Waals surface area contributed by atoms with E-state index < -0.39 is 18.1 Å². The van der Waals surface area contributed by atoms with Crippen LogP contribution in [0.1, 0.15) is 12.0 Å². The van der Waals surface area contributed by atoms with Gasteiger partial charge in [-0.25, -0.2) is 4.79 Å². The SMILES string of the molecule is O=C(C1CN(C(=O)O)CC/C1=N/O)[C@H]1Cc2cc(Cl)cc(Br)c2O1. The summed E-state index contributed by atoms with van der Waals surface area (Å²) in [4.78, 5) is 25.1. The molecule has 1 saturated heterocycles. The molecule has 3 rings (SSSR count). The monoisotopic (exact) mass is 416 g/mol. The number of hydrogen-bond acceptors (Lipinski definition) is 5. The molecule has 0 radical (unpaired) electrons. The summed E-state index contributed by atoms with van der Waals surface area (Å²) in [6.07, 6.45) is -1.30. The molecule has 24 heavy (non-hydrogen) atoms. The molecule has 0 aliphatic carbocycles. The number of carbonyl (C=O) groups is 2. The van der Waals surface area contributed by atoms with Crippen molar-refractivity contribution < 1.29 is 24.6 Å². The number of halogens is 2. The topological polar surface area (TPSA) is 99.4 Å². The zero-order chi connectivity index (χ0) is 17.4. The summed E-state index contributed by atoms with van der Waals surface area (Å²) in [7, 11) is 0. The lowest BCUT2D eigenvalue weighted by Crippen LogP contribution is -2.49. The molecule has 0 spiro atoms. The fourth-order valence-corrected chi connectivity index (χ4v) is 4.02. The Morgan fingerprint density at radius 1 is 1.42 bits per heavy atom. The van der Waals surface area contributed by atoms with E-state index in [0.717, 1.165) is 10.5 Å². The minimum atomic E-state index is -1.10. The molecule has 1 aromatic carbocycles. The van der Waals surface area contributed by atoms with Gasteiger partial charge in [0.05, 0.1) is 16.1 Å². The Kier molecular flexibility index (Phi) is 4.69. The Bertz CT molecular complexity index is 739. The lowest BCUT2D eigenvalue weighted by Gasteiger charge is -2.31. The molecule has 2 aliphatic heterocycles. The smallest absolute Gasteiger partial charge is 0.407 e. The Morgan fingerprint density at radius 3 is 2.83 bits per heavy atom. The molecule has 0 aromatic heterocycles. The number of carboxylic acid groups (broad SMARTS) is 1. The van der Waals surface area contributed by atoms with Gasteiger partial charge >= 0.3 is 6.09 Å². The summed E-state index contributed by atoms with van der Waals surface area (Å²) in [5.41, 5.74) is 1.09. The molecule has 1 aromatic rings. The van der Waals surface area contributed by atoms with Crippen LogP contribution in [-0.4, -0.2) is 52.0 Å². The third kappa shape index (κ3) is 3.08. The van der Waals surface area contributed by atoms with Gasteiger partial charge < -0.3 is 20.0 Å². The second kappa shape index (κ2) is 6.60. The molecule has 0 bridgehead atoms. The molecule has 9 heteroatoms. The lowest BCUT2D eigenvalue weighted by atomic mass is 9.88. The van der Waals surface area contributed by atoms with Gasteiger partial charge in [0, 0.05) is 36.5 Å². The second-order valence-electron chi connectivity index (χ2n) is 5.71. The Morgan fingerprint density at radius 2 is 2.17 bits per heavy atom. The van der Waals surface area contributed by atoms with Gasteiger partial charge in [-0.1, -0.05) is 16.8 Å². The van der Waals surface area contributed by atoms with Gasteiger partial charge in [-0.15, -0.1) is 0 Å². The highest BCUT2D eigenvalue weighted by Crippen LogP contribution is 2.39. The molecule has 2 heterocycles. The summed E-state index contributed by atoms with van der Waals surface area (Å²) in [6.45, 7) is 0.164. The predicted octanol–water partition coefficient (Wildman–Crippen LogP) is 2.81. The third-order valence-corrected chi connectivity index (χ3v) is 5.06. The Hall–Kier alpha value is -1.80. The molecule has 1 fully saturated rings. The number of amides is 1. The van der Waals surface area contributed by atoms with E-state index >= 15 is 0 Å². The van der Waals surface area contributed by atoms with E-state index in [9.17, 15) is 9.59 Å². The van der Waals surface area contributed by atoms with Gasteiger partial charge in [0.2, 0.25) is 0 Å².